The van der Waals surface area contributed by atoms with Crippen molar-refractivity contribution >= 4 is 44.4 Å². The summed E-state index contributed by atoms with van der Waals surface area (Å²) < 4.78 is 27.1. The summed E-state index contributed by atoms with van der Waals surface area (Å²) in [4.78, 5) is 24.6. The fraction of sp³-hybridized carbons (Fsp3) is 0.143. The molecule has 0 saturated carbocycles. The van der Waals surface area contributed by atoms with E-state index in [1.807, 2.05) is 22.9 Å². The number of anilines is 3. The summed E-state index contributed by atoms with van der Waals surface area (Å²) in [6.07, 6.45) is 6.23. The maximum Gasteiger partial charge on any atom is 0.248 e. The van der Waals surface area contributed by atoms with Gasteiger partial charge >= 0.3 is 0 Å². The number of nitrogens with zero attached hydrogens (tertiary/aromatic N) is 5. The normalized spacial score (nSPS) is 11.4. The summed E-state index contributed by atoms with van der Waals surface area (Å²) in [7, 11) is -1.99. The summed E-state index contributed by atoms with van der Waals surface area (Å²) in [5.74, 6) is 0.177. The fourth-order valence-corrected chi connectivity index (χ4v) is 3.69. The topological polar surface area (TPSA) is 136 Å². The van der Waals surface area contributed by atoms with E-state index in [0.717, 1.165) is 21.5 Å². The number of nitrogens with two attached hydrogens (primary N) is 1. The van der Waals surface area contributed by atoms with Crippen LogP contribution in [0.2, 0.25) is 0 Å². The Morgan fingerprint density at radius 3 is 2.75 bits per heavy atom. The third-order valence-electron chi connectivity index (χ3n) is 4.91. The minimum Gasteiger partial charge on any atom is -0.366 e. The molecule has 0 radical (unpaired) electrons. The van der Waals surface area contributed by atoms with Gasteiger partial charge in [-0.05, 0) is 30.3 Å². The lowest BCUT2D eigenvalue weighted by molar-refractivity contribution is 0.100. The van der Waals surface area contributed by atoms with Crippen LogP contribution in [-0.2, 0) is 16.6 Å². The molecule has 1 aromatic carbocycles. The van der Waals surface area contributed by atoms with Gasteiger partial charge in [0.1, 0.15) is 11.5 Å². The average Bonchev–Trinajstić information content (AvgIpc) is 3.15. The van der Waals surface area contributed by atoms with E-state index in [1.165, 1.54) is 7.05 Å². The second-order valence-electron chi connectivity index (χ2n) is 7.20. The SMILES string of the molecule is CN(c1ncccc1Cn1ccc2cnc(Nc3cccc(C(N)=O)c3)nc21)S(C)(=O)=O. The van der Waals surface area contributed by atoms with Gasteiger partial charge in [-0.25, -0.2) is 18.4 Å². The van der Waals surface area contributed by atoms with Crippen molar-refractivity contribution in [2.45, 2.75) is 6.54 Å². The summed E-state index contributed by atoms with van der Waals surface area (Å²) in [6.45, 7) is 0.361. The van der Waals surface area contributed by atoms with Gasteiger partial charge in [-0.2, -0.15) is 4.98 Å². The number of benzene rings is 1. The van der Waals surface area contributed by atoms with Crippen LogP contribution in [0.25, 0.3) is 11.0 Å². The largest absolute Gasteiger partial charge is 0.366 e. The van der Waals surface area contributed by atoms with E-state index in [0.29, 0.717) is 35.2 Å². The Morgan fingerprint density at radius 1 is 1.19 bits per heavy atom. The Bertz CT molecular complexity index is 1420. The quantitative estimate of drug-likeness (QED) is 0.439. The van der Waals surface area contributed by atoms with Crippen LogP contribution in [0.15, 0.2) is 61.1 Å². The zero-order chi connectivity index (χ0) is 22.9. The van der Waals surface area contributed by atoms with E-state index in [2.05, 4.69) is 20.3 Å². The number of nitrogens with one attached hydrogen (secondary N) is 1. The Balaban J connectivity index is 1.66. The highest BCUT2D eigenvalue weighted by molar-refractivity contribution is 7.92. The third-order valence-corrected chi connectivity index (χ3v) is 6.08. The maximum atomic E-state index is 12.0. The van der Waals surface area contributed by atoms with Gasteiger partial charge in [0.15, 0.2) is 0 Å². The van der Waals surface area contributed by atoms with Gasteiger partial charge < -0.3 is 15.6 Å². The second kappa shape index (κ2) is 8.27. The number of hydrogen-bond donors (Lipinski definition) is 2. The number of rotatable bonds is 7. The molecule has 0 spiro atoms. The van der Waals surface area contributed by atoms with Crippen LogP contribution in [0.5, 0.6) is 0 Å². The van der Waals surface area contributed by atoms with Crippen LogP contribution in [0.4, 0.5) is 17.5 Å². The monoisotopic (exact) mass is 451 g/mol. The molecule has 11 heteroatoms. The smallest absolute Gasteiger partial charge is 0.248 e. The number of sulfonamides is 1. The summed E-state index contributed by atoms with van der Waals surface area (Å²) in [5, 5.41) is 3.90. The van der Waals surface area contributed by atoms with Crippen molar-refractivity contribution in [1.29, 1.82) is 0 Å². The molecule has 0 aliphatic carbocycles. The Hall–Kier alpha value is -3.99. The number of pyridine rings is 1. The Morgan fingerprint density at radius 2 is 2.00 bits per heavy atom. The van der Waals surface area contributed by atoms with Gasteiger partial charge in [0.05, 0.1) is 12.8 Å². The van der Waals surface area contributed by atoms with Gasteiger partial charge in [0.25, 0.3) is 0 Å². The first-order valence-corrected chi connectivity index (χ1v) is 11.4. The van der Waals surface area contributed by atoms with Crippen LogP contribution >= 0.6 is 0 Å². The zero-order valence-electron chi connectivity index (χ0n) is 17.4. The summed E-state index contributed by atoms with van der Waals surface area (Å²) >= 11 is 0. The molecule has 0 aliphatic rings. The van der Waals surface area contributed by atoms with Crippen molar-refractivity contribution in [3.63, 3.8) is 0 Å². The molecule has 3 N–H and O–H groups in total. The molecule has 3 heterocycles. The molecule has 4 rings (SSSR count). The molecular formula is C21H21N7O3S. The van der Waals surface area contributed by atoms with E-state index in [-0.39, 0.29) is 0 Å². The zero-order valence-corrected chi connectivity index (χ0v) is 18.2. The van der Waals surface area contributed by atoms with Gasteiger partial charge in [-0.3, -0.25) is 9.10 Å². The number of amides is 1. The molecule has 0 unspecified atom stereocenters. The first kappa shape index (κ1) is 21.2. The van der Waals surface area contributed by atoms with Crippen LogP contribution in [-0.4, -0.2) is 47.1 Å². The van der Waals surface area contributed by atoms with Crippen molar-refractivity contribution < 1.29 is 13.2 Å². The van der Waals surface area contributed by atoms with E-state index >= 15 is 0 Å². The number of fused-ring (bicyclic) bond motifs is 1. The number of hydrogen-bond acceptors (Lipinski definition) is 7. The van der Waals surface area contributed by atoms with Gasteiger partial charge in [-0.15, -0.1) is 0 Å². The van der Waals surface area contributed by atoms with Gasteiger partial charge in [0.2, 0.25) is 21.9 Å². The summed E-state index contributed by atoms with van der Waals surface area (Å²) in [6, 6.07) is 12.2. The van der Waals surface area contributed by atoms with E-state index in [9.17, 15) is 13.2 Å². The maximum absolute atomic E-state index is 12.0. The predicted molar refractivity (Wildman–Crippen MR) is 122 cm³/mol. The molecule has 4 aromatic rings. The van der Waals surface area contributed by atoms with Gasteiger partial charge in [0, 0.05) is 47.8 Å². The first-order chi connectivity index (χ1) is 15.2. The molecule has 0 atom stereocenters. The highest BCUT2D eigenvalue weighted by Gasteiger charge is 2.18. The molecule has 32 heavy (non-hydrogen) atoms. The first-order valence-electron chi connectivity index (χ1n) is 9.59. The molecule has 10 nitrogen and oxygen atoms in total. The number of aromatic nitrogens is 4. The predicted octanol–water partition coefficient (Wildman–Crippen LogP) is 2.11. The highest BCUT2D eigenvalue weighted by Crippen LogP contribution is 2.23. The molecule has 0 saturated heterocycles. The van der Waals surface area contributed by atoms with E-state index < -0.39 is 15.9 Å². The molecular weight excluding hydrogens is 430 g/mol. The van der Waals surface area contributed by atoms with Crippen LogP contribution in [0, 0.1) is 0 Å². The van der Waals surface area contributed by atoms with E-state index in [4.69, 9.17) is 5.73 Å². The Labute approximate surface area is 184 Å². The molecule has 0 bridgehead atoms. The van der Waals surface area contributed by atoms with Crippen LogP contribution in [0.3, 0.4) is 0 Å². The molecule has 0 aliphatic heterocycles. The lowest BCUT2D eigenvalue weighted by atomic mass is 10.2. The van der Waals surface area contributed by atoms with Crippen LogP contribution in [0.1, 0.15) is 15.9 Å². The average molecular weight is 452 g/mol. The minimum atomic E-state index is -3.46. The van der Waals surface area contributed by atoms with Crippen molar-refractivity contribution in [2.24, 2.45) is 5.73 Å². The number of carbonyl (C=O) groups is 1. The third kappa shape index (κ3) is 4.37. The van der Waals surface area contributed by atoms with Crippen LogP contribution < -0.4 is 15.4 Å². The van der Waals surface area contributed by atoms with Crippen molar-refractivity contribution in [1.82, 2.24) is 19.5 Å². The molecule has 164 valence electrons. The van der Waals surface area contributed by atoms with Gasteiger partial charge in [-0.1, -0.05) is 12.1 Å². The number of carbonyl (C=O) groups excluding carboxylic acids is 1. The lowest BCUT2D eigenvalue weighted by Gasteiger charge is -2.19. The highest BCUT2D eigenvalue weighted by atomic mass is 32.2. The fourth-order valence-electron chi connectivity index (χ4n) is 3.22. The summed E-state index contributed by atoms with van der Waals surface area (Å²) in [5.41, 5.74) is 7.72. The molecule has 3 aromatic heterocycles. The minimum absolute atomic E-state index is 0.346. The Kier molecular flexibility index (Phi) is 5.49. The second-order valence-corrected chi connectivity index (χ2v) is 9.22. The molecule has 1 amide bonds. The molecule has 0 fully saturated rings. The standard InChI is InChI=1S/C21H21N7O3S/c1-27(32(2,30)31)19-16(6-4-9-23-19)13-28-10-8-15-12-24-21(26-20(15)28)25-17-7-3-5-14(11-17)18(22)29/h3-12H,13H2,1-2H3,(H2,22,29)(H,24,25,26). The number of primary amides is 1. The van der Waals surface area contributed by atoms with Crippen molar-refractivity contribution in [3.8, 4) is 0 Å². The lowest BCUT2D eigenvalue weighted by Crippen LogP contribution is -2.27. The van der Waals surface area contributed by atoms with Crippen molar-refractivity contribution in [3.05, 3.63) is 72.2 Å². The van der Waals surface area contributed by atoms with Crippen molar-refractivity contribution in [2.75, 3.05) is 22.9 Å². The van der Waals surface area contributed by atoms with E-state index in [1.54, 1.807) is 42.7 Å².